The molecule has 118 valence electrons. The standard InChI is InChI=1S/C17H19N5O/c1-12-19-16-8-7-15(21-22(16)20-12)18-11-17(9-14(23)10-17)13-5-3-2-4-6-13/h2-8,14,23H,9-11H2,1H3,(H,18,21). The molecule has 6 nitrogen and oxygen atoms in total. The largest absolute Gasteiger partial charge is 0.393 e. The van der Waals surface area contributed by atoms with Crippen LogP contribution in [0, 0.1) is 6.92 Å². The van der Waals surface area contributed by atoms with E-state index in [-0.39, 0.29) is 11.5 Å². The molecular weight excluding hydrogens is 290 g/mol. The first-order valence-corrected chi connectivity index (χ1v) is 7.83. The summed E-state index contributed by atoms with van der Waals surface area (Å²) >= 11 is 0. The Bertz CT molecular complexity index is 823. The second-order valence-electron chi connectivity index (χ2n) is 6.29. The highest BCUT2D eigenvalue weighted by atomic mass is 16.3. The number of hydrogen-bond acceptors (Lipinski definition) is 5. The van der Waals surface area contributed by atoms with Crippen LogP contribution in [0.25, 0.3) is 5.65 Å². The van der Waals surface area contributed by atoms with E-state index in [0.717, 1.165) is 30.9 Å². The Kier molecular flexibility index (Phi) is 3.27. The third-order valence-electron chi connectivity index (χ3n) is 4.56. The average Bonchev–Trinajstić information content (AvgIpc) is 2.90. The minimum Gasteiger partial charge on any atom is -0.393 e. The molecule has 6 heteroatoms. The van der Waals surface area contributed by atoms with Crippen molar-refractivity contribution in [3.63, 3.8) is 0 Å². The summed E-state index contributed by atoms with van der Waals surface area (Å²) in [5.41, 5.74) is 1.97. The molecule has 0 aliphatic heterocycles. The summed E-state index contributed by atoms with van der Waals surface area (Å²) in [5, 5.41) is 21.9. The van der Waals surface area contributed by atoms with Crippen molar-refractivity contribution in [1.82, 2.24) is 19.8 Å². The van der Waals surface area contributed by atoms with Crippen LogP contribution in [0.1, 0.15) is 24.2 Å². The van der Waals surface area contributed by atoms with Gasteiger partial charge >= 0.3 is 0 Å². The molecule has 0 atom stereocenters. The van der Waals surface area contributed by atoms with Gasteiger partial charge in [-0.15, -0.1) is 14.8 Å². The van der Waals surface area contributed by atoms with Gasteiger partial charge in [0.15, 0.2) is 5.65 Å². The molecule has 1 aliphatic rings. The van der Waals surface area contributed by atoms with E-state index in [2.05, 4.69) is 32.6 Å². The van der Waals surface area contributed by atoms with Crippen molar-refractivity contribution in [3.8, 4) is 0 Å². The van der Waals surface area contributed by atoms with Crippen molar-refractivity contribution >= 4 is 11.5 Å². The molecule has 0 unspecified atom stereocenters. The first kappa shape index (κ1) is 14.1. The van der Waals surface area contributed by atoms with Crippen LogP contribution in [-0.4, -0.2) is 37.6 Å². The number of nitrogens with one attached hydrogen (secondary N) is 1. The molecule has 1 fully saturated rings. The van der Waals surface area contributed by atoms with E-state index in [1.54, 1.807) is 4.63 Å². The summed E-state index contributed by atoms with van der Waals surface area (Å²) in [4.78, 5) is 4.28. The van der Waals surface area contributed by atoms with E-state index in [0.29, 0.717) is 5.82 Å². The van der Waals surface area contributed by atoms with E-state index in [1.165, 1.54) is 5.56 Å². The minimum absolute atomic E-state index is 0.0321. The third kappa shape index (κ3) is 2.55. The monoisotopic (exact) mass is 309 g/mol. The Hall–Kier alpha value is -2.47. The highest BCUT2D eigenvalue weighted by Gasteiger charge is 2.44. The number of rotatable bonds is 4. The second kappa shape index (κ2) is 5.31. The number of aliphatic hydroxyl groups is 1. The van der Waals surface area contributed by atoms with Gasteiger partial charge in [0, 0.05) is 12.0 Å². The Labute approximate surface area is 134 Å². The van der Waals surface area contributed by atoms with Gasteiger partial charge in [0.05, 0.1) is 6.10 Å². The number of aromatic nitrogens is 4. The van der Waals surface area contributed by atoms with Crippen molar-refractivity contribution < 1.29 is 5.11 Å². The number of fused-ring (bicyclic) bond motifs is 1. The highest BCUT2D eigenvalue weighted by molar-refractivity contribution is 5.44. The lowest BCUT2D eigenvalue weighted by Crippen LogP contribution is -2.49. The normalized spacial score (nSPS) is 23.7. The summed E-state index contributed by atoms with van der Waals surface area (Å²) in [5.74, 6) is 1.47. The fourth-order valence-corrected chi connectivity index (χ4v) is 3.36. The average molecular weight is 309 g/mol. The molecule has 1 saturated carbocycles. The van der Waals surface area contributed by atoms with Gasteiger partial charge in [0.2, 0.25) is 0 Å². The summed E-state index contributed by atoms with van der Waals surface area (Å²) < 4.78 is 1.54. The quantitative estimate of drug-likeness (QED) is 0.770. The van der Waals surface area contributed by atoms with Crippen LogP contribution >= 0.6 is 0 Å². The zero-order valence-electron chi connectivity index (χ0n) is 13.0. The van der Waals surface area contributed by atoms with Crippen LogP contribution in [0.3, 0.4) is 0 Å². The van der Waals surface area contributed by atoms with Crippen LogP contribution in [-0.2, 0) is 5.41 Å². The van der Waals surface area contributed by atoms with Gasteiger partial charge in [-0.2, -0.15) is 0 Å². The third-order valence-corrected chi connectivity index (χ3v) is 4.56. The summed E-state index contributed by atoms with van der Waals surface area (Å²) in [6.07, 6.45) is 1.33. The summed E-state index contributed by atoms with van der Waals surface area (Å²) in [6.45, 7) is 2.59. The van der Waals surface area contributed by atoms with Crippen molar-refractivity contribution in [1.29, 1.82) is 0 Å². The molecule has 2 aromatic heterocycles. The Morgan fingerprint density at radius 2 is 1.96 bits per heavy atom. The maximum atomic E-state index is 9.82. The van der Waals surface area contributed by atoms with Crippen LogP contribution in [0.15, 0.2) is 42.5 Å². The number of benzene rings is 1. The van der Waals surface area contributed by atoms with Gasteiger partial charge in [-0.25, -0.2) is 4.98 Å². The summed E-state index contributed by atoms with van der Waals surface area (Å²) in [7, 11) is 0. The number of aryl methyl sites for hydroxylation is 1. The van der Waals surface area contributed by atoms with E-state index in [4.69, 9.17) is 0 Å². The maximum Gasteiger partial charge on any atom is 0.176 e. The van der Waals surface area contributed by atoms with Crippen LogP contribution in [0.4, 0.5) is 5.82 Å². The summed E-state index contributed by atoms with van der Waals surface area (Å²) in [6, 6.07) is 14.2. The molecule has 4 rings (SSSR count). The van der Waals surface area contributed by atoms with Gasteiger partial charge in [-0.1, -0.05) is 30.3 Å². The molecule has 0 radical (unpaired) electrons. The molecule has 2 N–H and O–H groups in total. The number of aliphatic hydroxyl groups excluding tert-OH is 1. The first-order chi connectivity index (χ1) is 11.1. The SMILES string of the molecule is Cc1nc2ccc(NCC3(c4ccccc4)CC(O)C3)nn2n1. The molecule has 0 spiro atoms. The van der Waals surface area contributed by atoms with E-state index in [1.807, 2.05) is 37.3 Å². The zero-order valence-corrected chi connectivity index (χ0v) is 13.0. The molecular formula is C17H19N5O. The van der Waals surface area contributed by atoms with Gasteiger partial charge in [-0.05, 0) is 37.5 Å². The van der Waals surface area contributed by atoms with Crippen LogP contribution in [0.2, 0.25) is 0 Å². The lowest BCUT2D eigenvalue weighted by atomic mass is 9.62. The second-order valence-corrected chi connectivity index (χ2v) is 6.29. The fraction of sp³-hybridized carbons (Fsp3) is 0.353. The highest BCUT2D eigenvalue weighted by Crippen LogP contribution is 2.43. The van der Waals surface area contributed by atoms with Gasteiger partial charge in [0.25, 0.3) is 0 Å². The topological polar surface area (TPSA) is 75.3 Å². The lowest BCUT2D eigenvalue weighted by Gasteiger charge is -2.46. The van der Waals surface area contributed by atoms with Crippen molar-refractivity contribution in [2.75, 3.05) is 11.9 Å². The minimum atomic E-state index is -0.217. The van der Waals surface area contributed by atoms with E-state index < -0.39 is 0 Å². The van der Waals surface area contributed by atoms with Gasteiger partial charge in [0.1, 0.15) is 11.6 Å². The maximum absolute atomic E-state index is 9.82. The Morgan fingerprint density at radius 3 is 2.70 bits per heavy atom. The van der Waals surface area contributed by atoms with E-state index in [9.17, 15) is 5.11 Å². The number of anilines is 1. The molecule has 0 bridgehead atoms. The van der Waals surface area contributed by atoms with Crippen molar-refractivity contribution in [3.05, 3.63) is 53.9 Å². The molecule has 1 aromatic carbocycles. The smallest absolute Gasteiger partial charge is 0.176 e. The number of nitrogens with zero attached hydrogens (tertiary/aromatic N) is 4. The molecule has 0 amide bonds. The molecule has 1 aliphatic carbocycles. The van der Waals surface area contributed by atoms with Crippen molar-refractivity contribution in [2.45, 2.75) is 31.3 Å². The predicted octanol–water partition coefficient (Wildman–Crippen LogP) is 1.94. The van der Waals surface area contributed by atoms with Gasteiger partial charge < -0.3 is 10.4 Å². The zero-order chi connectivity index (χ0) is 15.9. The Morgan fingerprint density at radius 1 is 1.17 bits per heavy atom. The molecule has 3 aromatic rings. The number of hydrogen-bond donors (Lipinski definition) is 2. The first-order valence-electron chi connectivity index (χ1n) is 7.83. The van der Waals surface area contributed by atoms with E-state index >= 15 is 0 Å². The lowest BCUT2D eigenvalue weighted by molar-refractivity contribution is 0.0242. The van der Waals surface area contributed by atoms with Crippen LogP contribution < -0.4 is 5.32 Å². The van der Waals surface area contributed by atoms with Gasteiger partial charge in [-0.3, -0.25) is 0 Å². The fourth-order valence-electron chi connectivity index (χ4n) is 3.36. The predicted molar refractivity (Wildman–Crippen MR) is 87.4 cm³/mol. The van der Waals surface area contributed by atoms with Crippen LogP contribution in [0.5, 0.6) is 0 Å². The molecule has 0 saturated heterocycles. The van der Waals surface area contributed by atoms with Crippen molar-refractivity contribution in [2.24, 2.45) is 0 Å². The molecule has 2 heterocycles. The Balaban J connectivity index is 1.55. The molecule has 23 heavy (non-hydrogen) atoms.